The van der Waals surface area contributed by atoms with Crippen molar-refractivity contribution in [3.05, 3.63) is 36.5 Å². The van der Waals surface area contributed by atoms with Gasteiger partial charge in [0.25, 0.3) is 0 Å². The van der Waals surface area contributed by atoms with E-state index >= 15 is 0 Å². The Morgan fingerprint density at radius 3 is 1.36 bits per heavy atom. The molecule has 1 amide bonds. The molecule has 0 aromatic heterocycles. The lowest BCUT2D eigenvalue weighted by Crippen LogP contribution is -2.60. The molecule has 0 bridgehead atoms. The Morgan fingerprint density at radius 1 is 0.500 bits per heavy atom. The predicted molar refractivity (Wildman–Crippen MR) is 306 cm³/mol. The molecule has 1 fully saturated rings. The molecule has 1 aliphatic heterocycles. The molecule has 7 unspecified atom stereocenters. The fourth-order valence-corrected chi connectivity index (χ4v) is 9.76. The van der Waals surface area contributed by atoms with Crippen LogP contribution in [-0.4, -0.2) is 100 Å². The molecule has 6 N–H and O–H groups in total. The maximum Gasteiger partial charge on any atom is 0.305 e. The first kappa shape index (κ1) is 69.9. The molecule has 434 valence electrons. The van der Waals surface area contributed by atoms with E-state index in [0.29, 0.717) is 19.4 Å². The number of allylic oxidation sites excluding steroid dienone is 5. The van der Waals surface area contributed by atoms with Crippen molar-refractivity contribution in [2.45, 2.75) is 333 Å². The Kier molecular flexibility index (Phi) is 50.0. The van der Waals surface area contributed by atoms with E-state index in [-0.39, 0.29) is 18.5 Å². The number of esters is 1. The largest absolute Gasteiger partial charge is 0.466 e. The molecule has 0 radical (unpaired) electrons. The molecule has 1 saturated heterocycles. The first-order valence-corrected chi connectivity index (χ1v) is 31.3. The van der Waals surface area contributed by atoms with Crippen molar-refractivity contribution >= 4 is 11.9 Å². The molecule has 11 nitrogen and oxygen atoms in total. The highest BCUT2D eigenvalue weighted by atomic mass is 16.7. The van der Waals surface area contributed by atoms with Crippen molar-refractivity contribution in [2.75, 3.05) is 19.8 Å². The van der Waals surface area contributed by atoms with Gasteiger partial charge in [-0.3, -0.25) is 9.59 Å². The Bertz CT molecular complexity index is 1320. The summed E-state index contributed by atoms with van der Waals surface area (Å²) in [6, 6.07) is -0.813. The SMILES string of the molecule is CCCCCCCCCC/C=C/C(O)C(COC1OC(CO)C(O)C(O)C1O)NC(=O)CCCCCCCCCCC/C=C\C/C=C\CCCCCCCCCCCOC(=O)CCCCCCCCCCCCC. The van der Waals surface area contributed by atoms with E-state index < -0.39 is 49.5 Å². The summed E-state index contributed by atoms with van der Waals surface area (Å²) in [4.78, 5) is 25.0. The van der Waals surface area contributed by atoms with Crippen LogP contribution in [0.15, 0.2) is 36.5 Å². The van der Waals surface area contributed by atoms with E-state index in [2.05, 4.69) is 43.5 Å². The van der Waals surface area contributed by atoms with E-state index in [1.807, 2.05) is 6.08 Å². The maximum atomic E-state index is 13.0. The van der Waals surface area contributed by atoms with Crippen LogP contribution in [0.2, 0.25) is 0 Å². The molecule has 0 saturated carbocycles. The number of nitrogens with one attached hydrogen (secondary N) is 1. The minimum Gasteiger partial charge on any atom is -0.466 e. The fraction of sp³-hybridized carbons (Fsp3) is 0.873. The standard InChI is InChI=1S/C63H117NO10/c1-3-5-7-9-11-13-30-35-39-43-47-51-59(68)72-52-48-44-40-36-32-29-27-25-23-21-19-17-15-16-18-20-22-24-26-28-31-34-38-42-46-50-58(67)64-55(54-73-63-62(71)61(70)60(69)57(53-65)74-63)56(66)49-45-41-37-33-14-12-10-8-6-4-2/h16-19,45,49,55-57,60-63,65-66,69-71H,3-15,20-44,46-48,50-54H2,1-2H3,(H,64,67)/b18-16-,19-17-,49-45+. The lowest BCUT2D eigenvalue weighted by Gasteiger charge is -2.40. The third kappa shape index (κ3) is 42.0. The summed E-state index contributed by atoms with van der Waals surface area (Å²) in [5.74, 6) is -0.191. The van der Waals surface area contributed by atoms with Gasteiger partial charge in [0.15, 0.2) is 6.29 Å². The fourth-order valence-electron chi connectivity index (χ4n) is 9.76. The van der Waals surface area contributed by atoms with E-state index in [4.69, 9.17) is 14.2 Å². The molecular formula is C63H117NO10. The average molecular weight is 1050 g/mol. The van der Waals surface area contributed by atoms with Gasteiger partial charge in [-0.25, -0.2) is 0 Å². The number of rotatable bonds is 54. The lowest BCUT2D eigenvalue weighted by molar-refractivity contribution is -0.302. The number of aliphatic hydroxyl groups is 5. The average Bonchev–Trinajstić information content (AvgIpc) is 3.40. The van der Waals surface area contributed by atoms with Gasteiger partial charge in [0.1, 0.15) is 24.4 Å². The second-order valence-corrected chi connectivity index (χ2v) is 21.8. The van der Waals surface area contributed by atoms with Gasteiger partial charge >= 0.3 is 5.97 Å². The number of amides is 1. The summed E-state index contributed by atoms with van der Waals surface area (Å²) >= 11 is 0. The molecule has 0 aromatic carbocycles. The van der Waals surface area contributed by atoms with Crippen molar-refractivity contribution in [3.63, 3.8) is 0 Å². The number of aliphatic hydroxyl groups excluding tert-OH is 5. The first-order valence-electron chi connectivity index (χ1n) is 31.3. The highest BCUT2D eigenvalue weighted by Crippen LogP contribution is 2.23. The number of hydrogen-bond acceptors (Lipinski definition) is 10. The van der Waals surface area contributed by atoms with Crippen molar-refractivity contribution in [1.29, 1.82) is 0 Å². The zero-order valence-corrected chi connectivity index (χ0v) is 47.8. The lowest BCUT2D eigenvalue weighted by atomic mass is 9.99. The van der Waals surface area contributed by atoms with Gasteiger partial charge in [-0.1, -0.05) is 249 Å². The van der Waals surface area contributed by atoms with Gasteiger partial charge in [-0.15, -0.1) is 0 Å². The molecule has 7 atom stereocenters. The normalized spacial score (nSPS) is 19.0. The maximum absolute atomic E-state index is 13.0. The monoisotopic (exact) mass is 1050 g/mol. The molecule has 0 aliphatic carbocycles. The van der Waals surface area contributed by atoms with Crippen molar-refractivity contribution < 1.29 is 49.3 Å². The van der Waals surface area contributed by atoms with Crippen molar-refractivity contribution in [1.82, 2.24) is 5.32 Å². The van der Waals surface area contributed by atoms with Crippen molar-refractivity contribution in [2.24, 2.45) is 0 Å². The first-order chi connectivity index (χ1) is 36.2. The minimum absolute atomic E-state index is 0.00208. The van der Waals surface area contributed by atoms with Gasteiger partial charge in [-0.2, -0.15) is 0 Å². The molecule has 1 rings (SSSR count). The summed E-state index contributed by atoms with van der Waals surface area (Å²) in [7, 11) is 0. The third-order valence-electron chi connectivity index (χ3n) is 14.7. The van der Waals surface area contributed by atoms with Crippen molar-refractivity contribution in [3.8, 4) is 0 Å². The van der Waals surface area contributed by atoms with Crippen LogP contribution in [0.1, 0.15) is 290 Å². The van der Waals surface area contributed by atoms with Gasteiger partial charge in [-0.05, 0) is 64.2 Å². The molecule has 11 heteroatoms. The van der Waals surface area contributed by atoms with Crippen LogP contribution < -0.4 is 5.32 Å². The molecular weight excluding hydrogens is 931 g/mol. The second-order valence-electron chi connectivity index (χ2n) is 21.8. The predicted octanol–water partition coefficient (Wildman–Crippen LogP) is 14.7. The van der Waals surface area contributed by atoms with Crippen LogP contribution >= 0.6 is 0 Å². The second kappa shape index (κ2) is 52.9. The summed E-state index contributed by atoms with van der Waals surface area (Å²) in [6.45, 7) is 4.32. The van der Waals surface area contributed by atoms with E-state index in [0.717, 1.165) is 77.0 Å². The Morgan fingerprint density at radius 2 is 0.905 bits per heavy atom. The van der Waals surface area contributed by atoms with Gasteiger partial charge in [0.2, 0.25) is 5.91 Å². The number of hydrogen-bond donors (Lipinski definition) is 6. The number of carbonyl (C=O) groups excluding carboxylic acids is 2. The summed E-state index contributed by atoms with van der Waals surface area (Å²) in [5.41, 5.74) is 0. The van der Waals surface area contributed by atoms with Gasteiger partial charge in [0.05, 0.1) is 32.0 Å². The molecule has 0 spiro atoms. The van der Waals surface area contributed by atoms with Gasteiger partial charge < -0.3 is 45.1 Å². The van der Waals surface area contributed by atoms with E-state index in [1.165, 1.54) is 186 Å². The quantitative estimate of drug-likeness (QED) is 0.0195. The molecule has 1 aliphatic rings. The number of ether oxygens (including phenoxy) is 3. The summed E-state index contributed by atoms with van der Waals surface area (Å²) in [5, 5.41) is 54.3. The van der Waals surface area contributed by atoms with E-state index in [1.54, 1.807) is 6.08 Å². The number of carbonyl (C=O) groups is 2. The zero-order valence-electron chi connectivity index (χ0n) is 47.8. The van der Waals surface area contributed by atoms with Crippen LogP contribution in [0.25, 0.3) is 0 Å². The van der Waals surface area contributed by atoms with E-state index in [9.17, 15) is 35.1 Å². The highest BCUT2D eigenvalue weighted by Gasteiger charge is 2.44. The van der Waals surface area contributed by atoms with Crippen LogP contribution in [0.3, 0.4) is 0 Å². The van der Waals surface area contributed by atoms with Crippen LogP contribution in [-0.2, 0) is 23.8 Å². The van der Waals surface area contributed by atoms with Crippen LogP contribution in [0.5, 0.6) is 0 Å². The summed E-state index contributed by atoms with van der Waals surface area (Å²) in [6.07, 6.45) is 55.4. The minimum atomic E-state index is -1.57. The topological polar surface area (TPSA) is 175 Å². The van der Waals surface area contributed by atoms with Gasteiger partial charge in [0, 0.05) is 12.8 Å². The third-order valence-corrected chi connectivity index (χ3v) is 14.7. The molecule has 74 heavy (non-hydrogen) atoms. The smallest absolute Gasteiger partial charge is 0.305 e. The summed E-state index contributed by atoms with van der Waals surface area (Å²) < 4.78 is 16.7. The Hall–Kier alpha value is -2.12. The number of unbranched alkanes of at least 4 members (excludes halogenated alkanes) is 36. The molecule has 1 heterocycles. The molecule has 0 aromatic rings. The highest BCUT2D eigenvalue weighted by molar-refractivity contribution is 5.76. The van der Waals surface area contributed by atoms with Crippen LogP contribution in [0, 0.1) is 0 Å². The Balaban J connectivity index is 2.03. The zero-order chi connectivity index (χ0) is 53.8. The van der Waals surface area contributed by atoms with Crippen LogP contribution in [0.4, 0.5) is 0 Å². The Labute approximate surface area is 453 Å².